The van der Waals surface area contributed by atoms with Crippen LogP contribution in [0.15, 0.2) is 95.9 Å². The number of ether oxygens (including phenoxy) is 1. The van der Waals surface area contributed by atoms with Gasteiger partial charge < -0.3 is 9.64 Å². The third kappa shape index (κ3) is 8.27. The molecule has 11 heteroatoms. The topological polar surface area (TPSA) is 82.1 Å². The fraction of sp³-hybridized carbons (Fsp3) is 0.133. The number of halogens is 3. The van der Waals surface area contributed by atoms with E-state index in [0.29, 0.717) is 10.6 Å². The smallest absolute Gasteiger partial charge is 0.258 e. The molecule has 0 heterocycles. The average Bonchev–Trinajstić information content (AvgIpc) is 2.98. The molecule has 0 spiro atoms. The predicted octanol–water partition coefficient (Wildman–Crippen LogP) is 6.66. The molecule has 0 radical (unpaired) electrons. The minimum atomic E-state index is -0.944. The second-order valence-corrected chi connectivity index (χ2v) is 10.5. The molecule has 4 aromatic carbocycles. The third-order valence-corrected chi connectivity index (χ3v) is 7.22. The second-order valence-electron chi connectivity index (χ2n) is 8.93. The Balaban J connectivity index is 1.41. The van der Waals surface area contributed by atoms with Crippen molar-refractivity contribution >= 4 is 35.4 Å². The van der Waals surface area contributed by atoms with Gasteiger partial charge in [0.15, 0.2) is 17.4 Å². The summed E-state index contributed by atoms with van der Waals surface area (Å²) in [4.78, 5) is 26.5. The monoisotopic (exact) mass is 597 g/mol. The zero-order valence-corrected chi connectivity index (χ0v) is 23.5. The maximum atomic E-state index is 14.8. The molecule has 2 amide bonds. The molecule has 0 atom stereocenters. The van der Waals surface area contributed by atoms with Crippen LogP contribution in [-0.2, 0) is 4.79 Å². The van der Waals surface area contributed by atoms with E-state index in [1.165, 1.54) is 33.5 Å². The van der Waals surface area contributed by atoms with Crippen molar-refractivity contribution in [1.29, 1.82) is 0 Å². The zero-order chi connectivity index (χ0) is 29.4. The lowest BCUT2D eigenvalue weighted by Gasteiger charge is -2.24. The van der Waals surface area contributed by atoms with E-state index in [1.807, 2.05) is 42.5 Å². The summed E-state index contributed by atoms with van der Waals surface area (Å²) in [5.41, 5.74) is 4.05. The van der Waals surface area contributed by atoms with Crippen LogP contribution in [0.5, 0.6) is 11.5 Å². The van der Waals surface area contributed by atoms with Gasteiger partial charge in [-0.15, -0.1) is 0 Å². The van der Waals surface area contributed by atoms with Gasteiger partial charge in [-0.2, -0.15) is 0 Å². The third-order valence-electron chi connectivity index (χ3n) is 5.95. The number of amides is 2. The highest BCUT2D eigenvalue weighted by molar-refractivity contribution is 7.97. The first kappa shape index (κ1) is 30.0. The molecule has 4 aromatic rings. The SMILES string of the molecule is CN(CCN(CC(=O)NO)Sc1cc(F)c(Oc2ccc(Cl)cc2)c(F)c1)C(=O)c1ccc(-c2ccccc2)cc1. The molecule has 0 aliphatic carbocycles. The first-order chi connectivity index (χ1) is 19.7. The largest absolute Gasteiger partial charge is 0.451 e. The summed E-state index contributed by atoms with van der Waals surface area (Å²) < 4.78 is 36.4. The van der Waals surface area contributed by atoms with Crippen molar-refractivity contribution in [2.45, 2.75) is 4.90 Å². The number of rotatable bonds is 11. The average molecular weight is 598 g/mol. The number of carbonyl (C=O) groups is 2. The Morgan fingerprint density at radius 2 is 1.51 bits per heavy atom. The second kappa shape index (κ2) is 14.1. The Bertz CT molecular complexity index is 1470. The van der Waals surface area contributed by atoms with Crippen molar-refractivity contribution in [1.82, 2.24) is 14.7 Å². The van der Waals surface area contributed by atoms with Gasteiger partial charge in [0.2, 0.25) is 0 Å². The standard InChI is InChI=1S/C30H26ClF2N3O4S/c1-35(30(38)22-9-7-21(8-10-22)20-5-3-2-4-6-20)15-16-36(19-28(37)34-39)41-25-17-26(32)29(27(33)18-25)40-24-13-11-23(31)12-14-24/h2-14,17-18,39H,15-16,19H2,1H3,(H,34,37). The van der Waals surface area contributed by atoms with E-state index >= 15 is 0 Å². The van der Waals surface area contributed by atoms with Gasteiger partial charge in [0, 0.05) is 35.6 Å². The first-order valence-electron chi connectivity index (χ1n) is 12.4. The number of hydrogen-bond acceptors (Lipinski definition) is 6. The first-order valence-corrected chi connectivity index (χ1v) is 13.6. The van der Waals surface area contributed by atoms with Crippen LogP contribution < -0.4 is 10.2 Å². The normalized spacial score (nSPS) is 10.9. The fourth-order valence-corrected chi connectivity index (χ4v) is 4.92. The van der Waals surface area contributed by atoms with Gasteiger partial charge in [-0.3, -0.25) is 14.8 Å². The van der Waals surface area contributed by atoms with Crippen LogP contribution in [0.4, 0.5) is 8.78 Å². The van der Waals surface area contributed by atoms with Crippen LogP contribution in [0, 0.1) is 11.6 Å². The zero-order valence-electron chi connectivity index (χ0n) is 21.9. The molecule has 0 fully saturated rings. The highest BCUT2D eigenvalue weighted by Gasteiger charge is 2.20. The summed E-state index contributed by atoms with van der Waals surface area (Å²) >= 11 is 6.73. The number of nitrogens with one attached hydrogen (secondary N) is 1. The number of carbonyl (C=O) groups excluding carboxylic acids is 2. The Labute approximate surface area is 245 Å². The predicted molar refractivity (Wildman–Crippen MR) is 154 cm³/mol. The molecule has 7 nitrogen and oxygen atoms in total. The van der Waals surface area contributed by atoms with Gasteiger partial charge in [-0.05, 0) is 71.6 Å². The van der Waals surface area contributed by atoms with Gasteiger partial charge in [0.05, 0.1) is 6.54 Å². The van der Waals surface area contributed by atoms with Crippen molar-refractivity contribution < 1.29 is 28.3 Å². The lowest BCUT2D eigenvalue weighted by atomic mass is 10.0. The number of hydrogen-bond donors (Lipinski definition) is 2. The molecule has 41 heavy (non-hydrogen) atoms. The summed E-state index contributed by atoms with van der Waals surface area (Å²) in [6, 6.07) is 25.2. The molecule has 4 rings (SSSR count). The Kier molecular flexibility index (Phi) is 10.3. The van der Waals surface area contributed by atoms with Gasteiger partial charge >= 0.3 is 0 Å². The highest BCUT2D eigenvalue weighted by atomic mass is 35.5. The Morgan fingerprint density at radius 3 is 2.12 bits per heavy atom. The molecule has 0 unspecified atom stereocenters. The fourth-order valence-electron chi connectivity index (χ4n) is 3.83. The minimum absolute atomic E-state index is 0.148. The van der Waals surface area contributed by atoms with Crippen LogP contribution in [0.25, 0.3) is 11.1 Å². The van der Waals surface area contributed by atoms with Crippen LogP contribution >= 0.6 is 23.5 Å². The Hall–Kier alpha value is -3.96. The van der Waals surface area contributed by atoms with Crippen molar-refractivity contribution in [2.24, 2.45) is 0 Å². The molecule has 0 aromatic heterocycles. The molecular formula is C30H26ClF2N3O4S. The van der Waals surface area contributed by atoms with E-state index in [0.717, 1.165) is 35.2 Å². The maximum absolute atomic E-state index is 14.8. The van der Waals surface area contributed by atoms with E-state index in [4.69, 9.17) is 21.5 Å². The molecular weight excluding hydrogens is 572 g/mol. The Morgan fingerprint density at radius 1 is 0.902 bits per heavy atom. The summed E-state index contributed by atoms with van der Waals surface area (Å²) in [6.45, 7) is 0.0314. The van der Waals surface area contributed by atoms with Crippen molar-refractivity contribution in [3.63, 3.8) is 0 Å². The summed E-state index contributed by atoms with van der Waals surface area (Å²) in [5.74, 6) is -3.23. The van der Waals surface area contributed by atoms with Crippen molar-refractivity contribution in [2.75, 3.05) is 26.7 Å². The molecule has 0 bridgehead atoms. The molecule has 0 saturated heterocycles. The number of likely N-dealkylation sites (N-methyl/N-ethyl adjacent to an activating group) is 1. The van der Waals surface area contributed by atoms with Crippen molar-refractivity contribution in [3.05, 3.63) is 113 Å². The minimum Gasteiger partial charge on any atom is -0.451 e. The van der Waals surface area contributed by atoms with E-state index in [1.54, 1.807) is 24.7 Å². The highest BCUT2D eigenvalue weighted by Crippen LogP contribution is 2.33. The van der Waals surface area contributed by atoms with E-state index in [2.05, 4.69) is 0 Å². The van der Waals surface area contributed by atoms with E-state index < -0.39 is 23.3 Å². The molecule has 0 aliphatic heterocycles. The van der Waals surface area contributed by atoms with E-state index in [9.17, 15) is 18.4 Å². The van der Waals surface area contributed by atoms with Gasteiger partial charge in [-0.25, -0.2) is 18.6 Å². The molecule has 0 aliphatic rings. The lowest BCUT2D eigenvalue weighted by molar-refractivity contribution is -0.129. The molecule has 212 valence electrons. The number of nitrogens with zero attached hydrogens (tertiary/aromatic N) is 2. The summed E-state index contributed by atoms with van der Waals surface area (Å²) in [7, 11) is 1.62. The van der Waals surface area contributed by atoms with Crippen LogP contribution in [0.1, 0.15) is 10.4 Å². The van der Waals surface area contributed by atoms with Crippen LogP contribution in [0.2, 0.25) is 5.02 Å². The van der Waals surface area contributed by atoms with Crippen LogP contribution in [0.3, 0.4) is 0 Å². The molecule has 0 saturated carbocycles. The maximum Gasteiger partial charge on any atom is 0.258 e. The van der Waals surface area contributed by atoms with Crippen molar-refractivity contribution in [3.8, 4) is 22.6 Å². The van der Waals surface area contributed by atoms with Gasteiger partial charge in [0.1, 0.15) is 5.75 Å². The summed E-state index contributed by atoms with van der Waals surface area (Å²) in [6.07, 6.45) is 0. The van der Waals surface area contributed by atoms with Gasteiger partial charge in [-0.1, -0.05) is 54.1 Å². The number of hydroxylamine groups is 1. The quantitative estimate of drug-likeness (QED) is 0.114. The lowest BCUT2D eigenvalue weighted by Crippen LogP contribution is -2.38. The summed E-state index contributed by atoms with van der Waals surface area (Å²) in [5, 5.41) is 9.46. The van der Waals surface area contributed by atoms with E-state index in [-0.39, 0.29) is 36.2 Å². The molecule has 2 N–H and O–H groups in total. The van der Waals surface area contributed by atoms with Crippen LogP contribution in [-0.4, -0.2) is 52.9 Å². The van der Waals surface area contributed by atoms with Gasteiger partial charge in [0.25, 0.3) is 11.8 Å². The number of benzene rings is 4.